The van der Waals surface area contributed by atoms with E-state index in [1.54, 1.807) is 6.07 Å². The second-order valence-electron chi connectivity index (χ2n) is 7.36. The molecular formula is C20H29F3N2O4. The van der Waals surface area contributed by atoms with Gasteiger partial charge in [-0.15, -0.1) is 0 Å². The molecule has 1 aromatic carbocycles. The molecule has 164 valence electrons. The largest absolute Gasteiger partial charge is 0.490 e. The fourth-order valence-electron chi connectivity index (χ4n) is 3.12. The summed E-state index contributed by atoms with van der Waals surface area (Å²) in [4.78, 5) is 13.5. The highest BCUT2D eigenvalue weighted by Crippen LogP contribution is 2.34. The normalized spacial score (nSPS) is 15.3. The quantitative estimate of drug-likeness (QED) is 0.668. The van der Waals surface area contributed by atoms with Crippen LogP contribution in [0.15, 0.2) is 18.2 Å². The van der Waals surface area contributed by atoms with Gasteiger partial charge >= 0.3 is 6.18 Å². The molecule has 1 unspecified atom stereocenters. The van der Waals surface area contributed by atoms with Crippen LogP contribution in [0, 0.1) is 5.92 Å². The van der Waals surface area contributed by atoms with Crippen LogP contribution >= 0.6 is 0 Å². The molecule has 6 nitrogen and oxygen atoms in total. The lowest BCUT2D eigenvalue weighted by Gasteiger charge is -2.27. The number of alkyl halides is 3. The molecule has 1 aromatic rings. The summed E-state index contributed by atoms with van der Waals surface area (Å²) in [5.41, 5.74) is 0.817. The van der Waals surface area contributed by atoms with E-state index in [0.29, 0.717) is 24.7 Å². The number of halogens is 3. The number of carbonyl (C=O) groups excluding carboxylic acids is 1. The third-order valence-electron chi connectivity index (χ3n) is 4.50. The van der Waals surface area contributed by atoms with Crippen molar-refractivity contribution < 1.29 is 32.2 Å². The van der Waals surface area contributed by atoms with Crippen LogP contribution in [0.4, 0.5) is 13.2 Å². The molecule has 2 rings (SSSR count). The van der Waals surface area contributed by atoms with Crippen LogP contribution in [0.2, 0.25) is 0 Å². The van der Waals surface area contributed by atoms with Crippen molar-refractivity contribution >= 4 is 5.91 Å². The summed E-state index contributed by atoms with van der Waals surface area (Å²) >= 11 is 0. The van der Waals surface area contributed by atoms with Crippen molar-refractivity contribution in [1.82, 2.24) is 10.2 Å². The van der Waals surface area contributed by atoms with Gasteiger partial charge in [0.05, 0.1) is 39.0 Å². The molecule has 1 N–H and O–H groups in total. The molecular weight excluding hydrogens is 389 g/mol. The number of fused-ring (bicyclic) bond motifs is 1. The van der Waals surface area contributed by atoms with Crippen molar-refractivity contribution in [2.24, 2.45) is 5.92 Å². The molecule has 0 saturated heterocycles. The van der Waals surface area contributed by atoms with E-state index in [1.807, 2.05) is 26.0 Å². The van der Waals surface area contributed by atoms with E-state index in [9.17, 15) is 18.0 Å². The first-order chi connectivity index (χ1) is 13.7. The third kappa shape index (κ3) is 7.74. The van der Waals surface area contributed by atoms with Crippen LogP contribution in [0.1, 0.15) is 31.9 Å². The number of rotatable bonds is 9. The number of hydrogen-bond acceptors (Lipinski definition) is 5. The number of carbonyl (C=O) groups is 1. The Bertz CT molecular complexity index is 668. The zero-order valence-corrected chi connectivity index (χ0v) is 17.1. The van der Waals surface area contributed by atoms with Gasteiger partial charge in [0.1, 0.15) is 0 Å². The van der Waals surface area contributed by atoms with Gasteiger partial charge in [-0.2, -0.15) is 13.2 Å². The summed E-state index contributed by atoms with van der Waals surface area (Å²) < 4.78 is 54.6. The molecule has 1 amide bonds. The molecule has 29 heavy (non-hydrogen) atoms. The van der Waals surface area contributed by atoms with Crippen molar-refractivity contribution in [3.05, 3.63) is 23.8 Å². The molecule has 1 aliphatic rings. The maximum Gasteiger partial charge on any atom is 0.401 e. The summed E-state index contributed by atoms with van der Waals surface area (Å²) in [5.74, 6) is 0.810. The minimum absolute atomic E-state index is 0.0137. The van der Waals surface area contributed by atoms with E-state index in [2.05, 4.69) is 5.32 Å². The fraction of sp³-hybridized carbons (Fsp3) is 0.650. The summed E-state index contributed by atoms with van der Waals surface area (Å²) in [7, 11) is 1.41. The lowest BCUT2D eigenvalue weighted by molar-refractivity contribution is -0.150. The molecule has 0 aliphatic carbocycles. The van der Waals surface area contributed by atoms with E-state index in [4.69, 9.17) is 14.2 Å². The number of methoxy groups -OCH3 is 1. The van der Waals surface area contributed by atoms with Crippen molar-refractivity contribution in [2.75, 3.05) is 46.6 Å². The second-order valence-corrected chi connectivity index (χ2v) is 7.36. The Morgan fingerprint density at radius 3 is 2.55 bits per heavy atom. The Morgan fingerprint density at radius 2 is 1.93 bits per heavy atom. The first kappa shape index (κ1) is 23.3. The van der Waals surface area contributed by atoms with Crippen molar-refractivity contribution in [3.8, 4) is 11.5 Å². The number of amides is 1. The maximum atomic E-state index is 12.8. The molecule has 1 aliphatic heterocycles. The van der Waals surface area contributed by atoms with Gasteiger partial charge in [-0.25, -0.2) is 0 Å². The highest BCUT2D eigenvalue weighted by atomic mass is 19.4. The van der Waals surface area contributed by atoms with E-state index < -0.39 is 18.6 Å². The predicted octanol–water partition coefficient (Wildman–Crippen LogP) is 3.17. The summed E-state index contributed by atoms with van der Waals surface area (Å²) in [5, 5.41) is 2.86. The average molecular weight is 418 g/mol. The molecule has 0 bridgehead atoms. The van der Waals surface area contributed by atoms with Crippen LogP contribution in [-0.4, -0.2) is 63.5 Å². The SMILES string of the molecule is COCCN(CC(=O)NC(c1ccc2c(c1)OCCCO2)C(C)C)CC(F)(F)F. The molecule has 1 atom stereocenters. The maximum absolute atomic E-state index is 12.8. The first-order valence-corrected chi connectivity index (χ1v) is 9.66. The number of nitrogens with zero attached hydrogens (tertiary/aromatic N) is 1. The highest BCUT2D eigenvalue weighted by molar-refractivity contribution is 5.78. The standard InChI is InChI=1S/C20H29F3N2O4/c1-14(2)19(15-5-6-16-17(11-15)29-9-4-8-28-16)24-18(26)12-25(7-10-27-3)13-20(21,22)23/h5-6,11,14,19H,4,7-10,12-13H2,1-3H3,(H,24,26). The Kier molecular flexibility index (Phi) is 8.58. The number of hydrogen-bond donors (Lipinski definition) is 1. The lowest BCUT2D eigenvalue weighted by Crippen LogP contribution is -2.44. The van der Waals surface area contributed by atoms with Gasteiger partial charge < -0.3 is 19.5 Å². The van der Waals surface area contributed by atoms with Crippen molar-refractivity contribution in [3.63, 3.8) is 0 Å². The number of nitrogens with one attached hydrogen (secondary N) is 1. The molecule has 0 spiro atoms. The van der Waals surface area contributed by atoms with Gasteiger partial charge in [-0.05, 0) is 23.6 Å². The van der Waals surface area contributed by atoms with Crippen molar-refractivity contribution in [1.29, 1.82) is 0 Å². The number of ether oxygens (including phenoxy) is 3. The van der Waals surface area contributed by atoms with Crippen LogP contribution in [0.3, 0.4) is 0 Å². The van der Waals surface area contributed by atoms with Crippen LogP contribution in [-0.2, 0) is 9.53 Å². The van der Waals surface area contributed by atoms with Gasteiger partial charge in [-0.3, -0.25) is 9.69 Å². The summed E-state index contributed by atoms with van der Waals surface area (Å²) in [6.07, 6.45) is -3.61. The summed E-state index contributed by atoms with van der Waals surface area (Å²) in [6.45, 7) is 3.59. The number of benzene rings is 1. The molecule has 9 heteroatoms. The van der Waals surface area contributed by atoms with E-state index in [0.717, 1.165) is 16.9 Å². The molecule has 0 aromatic heterocycles. The van der Waals surface area contributed by atoms with Crippen LogP contribution in [0.25, 0.3) is 0 Å². The molecule has 0 radical (unpaired) electrons. The van der Waals surface area contributed by atoms with E-state index in [1.165, 1.54) is 7.11 Å². The molecule has 0 fully saturated rings. The Labute approximate surface area is 169 Å². The first-order valence-electron chi connectivity index (χ1n) is 9.66. The highest BCUT2D eigenvalue weighted by Gasteiger charge is 2.32. The zero-order valence-electron chi connectivity index (χ0n) is 17.1. The van der Waals surface area contributed by atoms with Gasteiger partial charge in [0, 0.05) is 20.1 Å². The van der Waals surface area contributed by atoms with E-state index in [-0.39, 0.29) is 31.7 Å². The Balaban J connectivity index is 2.08. The van der Waals surface area contributed by atoms with E-state index >= 15 is 0 Å². The predicted molar refractivity (Wildman–Crippen MR) is 102 cm³/mol. The third-order valence-corrected chi connectivity index (χ3v) is 4.50. The van der Waals surface area contributed by atoms with Gasteiger partial charge in [0.2, 0.25) is 5.91 Å². The van der Waals surface area contributed by atoms with Gasteiger partial charge in [0.25, 0.3) is 0 Å². The monoisotopic (exact) mass is 418 g/mol. The lowest BCUT2D eigenvalue weighted by atomic mass is 9.95. The molecule has 0 saturated carbocycles. The second kappa shape index (κ2) is 10.7. The smallest absolute Gasteiger partial charge is 0.401 e. The zero-order chi connectivity index (χ0) is 21.4. The van der Waals surface area contributed by atoms with Crippen LogP contribution in [0.5, 0.6) is 11.5 Å². The Hall–Kier alpha value is -2.00. The van der Waals surface area contributed by atoms with Gasteiger partial charge in [-0.1, -0.05) is 19.9 Å². The fourth-order valence-corrected chi connectivity index (χ4v) is 3.12. The average Bonchev–Trinajstić information content (AvgIpc) is 2.87. The topological polar surface area (TPSA) is 60.0 Å². The minimum Gasteiger partial charge on any atom is -0.490 e. The van der Waals surface area contributed by atoms with Crippen molar-refractivity contribution in [2.45, 2.75) is 32.5 Å². The van der Waals surface area contributed by atoms with Gasteiger partial charge in [0.15, 0.2) is 11.5 Å². The van der Waals surface area contributed by atoms with Crippen LogP contribution < -0.4 is 14.8 Å². The Morgan fingerprint density at radius 1 is 1.24 bits per heavy atom. The summed E-state index contributed by atoms with van der Waals surface area (Å²) in [6, 6.07) is 5.10. The minimum atomic E-state index is -4.39. The molecule has 1 heterocycles.